The number of nitrogens with two attached hydrogens (primary N) is 1. The first-order valence-electron chi connectivity index (χ1n) is 10.8. The van der Waals surface area contributed by atoms with Crippen LogP contribution in [0.2, 0.25) is 0 Å². The van der Waals surface area contributed by atoms with Gasteiger partial charge in [0.2, 0.25) is 5.91 Å². The number of hydrogen-bond acceptors (Lipinski definition) is 5. The number of rotatable bonds is 8. The molecule has 0 aromatic heterocycles. The molecule has 6 nitrogen and oxygen atoms in total. The van der Waals surface area contributed by atoms with Crippen LogP contribution in [0.15, 0.2) is 36.4 Å². The van der Waals surface area contributed by atoms with E-state index in [-0.39, 0.29) is 31.1 Å². The van der Waals surface area contributed by atoms with Crippen molar-refractivity contribution in [3.05, 3.63) is 53.1 Å². The molecule has 1 aliphatic carbocycles. The lowest BCUT2D eigenvalue weighted by Gasteiger charge is -2.19. The van der Waals surface area contributed by atoms with Crippen molar-refractivity contribution in [3.63, 3.8) is 0 Å². The maximum Gasteiger partial charge on any atom is 0.416 e. The van der Waals surface area contributed by atoms with E-state index in [1.165, 1.54) is 19.2 Å². The van der Waals surface area contributed by atoms with Crippen LogP contribution in [-0.4, -0.2) is 19.0 Å². The zero-order valence-corrected chi connectivity index (χ0v) is 18.3. The highest BCUT2D eigenvalue weighted by Gasteiger charge is 2.36. The van der Waals surface area contributed by atoms with Crippen molar-refractivity contribution in [2.75, 3.05) is 18.2 Å². The minimum absolute atomic E-state index is 0.0493. The fourth-order valence-corrected chi connectivity index (χ4v) is 3.97. The summed E-state index contributed by atoms with van der Waals surface area (Å²) in [5, 5.41) is 2.60. The van der Waals surface area contributed by atoms with Gasteiger partial charge in [0.05, 0.1) is 30.5 Å². The van der Waals surface area contributed by atoms with E-state index >= 15 is 0 Å². The van der Waals surface area contributed by atoms with Gasteiger partial charge in [0.25, 0.3) is 0 Å². The van der Waals surface area contributed by atoms with Crippen molar-refractivity contribution in [3.8, 4) is 5.75 Å². The molecule has 178 valence electrons. The number of methoxy groups -OCH3 is 1. The number of ether oxygens (including phenoxy) is 2. The first kappa shape index (κ1) is 24.4. The second-order valence-corrected chi connectivity index (χ2v) is 8.06. The second kappa shape index (κ2) is 10.6. The van der Waals surface area contributed by atoms with Gasteiger partial charge in [0, 0.05) is 12.5 Å². The van der Waals surface area contributed by atoms with E-state index in [0.717, 1.165) is 31.7 Å². The van der Waals surface area contributed by atoms with Crippen LogP contribution in [0.4, 0.5) is 24.5 Å². The lowest BCUT2D eigenvalue weighted by molar-refractivity contribution is -0.141. The molecule has 1 saturated carbocycles. The van der Waals surface area contributed by atoms with Gasteiger partial charge in [0.1, 0.15) is 12.4 Å². The minimum Gasteiger partial charge on any atom is -0.489 e. The van der Waals surface area contributed by atoms with E-state index in [1.54, 1.807) is 18.2 Å². The van der Waals surface area contributed by atoms with E-state index in [9.17, 15) is 22.8 Å². The largest absolute Gasteiger partial charge is 0.489 e. The summed E-state index contributed by atoms with van der Waals surface area (Å²) in [5.41, 5.74) is 6.70. The van der Waals surface area contributed by atoms with Gasteiger partial charge in [-0.15, -0.1) is 0 Å². The molecule has 2 aromatic rings. The highest BCUT2D eigenvalue weighted by molar-refractivity contribution is 5.95. The molecule has 0 unspecified atom stereocenters. The quantitative estimate of drug-likeness (QED) is 0.402. The highest BCUT2D eigenvalue weighted by Crippen LogP contribution is 2.42. The number of nitrogen functional groups attached to an aromatic ring is 1. The number of amides is 1. The zero-order valence-electron chi connectivity index (χ0n) is 18.3. The minimum atomic E-state index is -4.42. The number of halogens is 3. The monoisotopic (exact) mass is 464 g/mol. The van der Waals surface area contributed by atoms with Crippen molar-refractivity contribution in [1.29, 1.82) is 0 Å². The third-order valence-corrected chi connectivity index (χ3v) is 5.70. The number of nitrogens with one attached hydrogen (secondary N) is 1. The molecule has 1 amide bonds. The van der Waals surface area contributed by atoms with E-state index < -0.39 is 23.6 Å². The van der Waals surface area contributed by atoms with E-state index in [1.807, 2.05) is 0 Å². The molecule has 1 aliphatic rings. The normalized spacial score (nSPS) is 14.2. The number of hydrogen-bond donors (Lipinski definition) is 2. The molecule has 1 fully saturated rings. The van der Waals surface area contributed by atoms with Crippen molar-refractivity contribution >= 4 is 23.3 Å². The van der Waals surface area contributed by atoms with Crippen LogP contribution in [0.25, 0.3) is 0 Å². The molecule has 2 aromatic carbocycles. The number of alkyl halides is 3. The number of benzene rings is 2. The smallest absolute Gasteiger partial charge is 0.416 e. The Bertz CT molecular complexity index is 1000. The first-order valence-corrected chi connectivity index (χ1v) is 10.8. The van der Waals surface area contributed by atoms with Crippen molar-refractivity contribution in [1.82, 2.24) is 0 Å². The molecule has 9 heteroatoms. The molecule has 0 aliphatic heterocycles. The summed E-state index contributed by atoms with van der Waals surface area (Å²) in [6, 6.07) is 8.97. The molecule has 0 spiro atoms. The number of carbonyl (C=O) groups excluding carboxylic acids is 2. The molecule has 0 heterocycles. The van der Waals surface area contributed by atoms with Crippen molar-refractivity contribution in [2.24, 2.45) is 0 Å². The molecule has 3 rings (SSSR count). The van der Waals surface area contributed by atoms with Gasteiger partial charge in [-0.1, -0.05) is 25.0 Å². The Morgan fingerprint density at radius 3 is 2.45 bits per heavy atom. The van der Waals surface area contributed by atoms with Crippen LogP contribution in [-0.2, 0) is 27.1 Å². The third kappa shape index (κ3) is 6.63. The predicted octanol–water partition coefficient (Wildman–Crippen LogP) is 5.42. The Morgan fingerprint density at radius 2 is 1.82 bits per heavy atom. The highest BCUT2D eigenvalue weighted by atomic mass is 19.4. The van der Waals surface area contributed by atoms with Crippen LogP contribution in [0.1, 0.15) is 61.1 Å². The summed E-state index contributed by atoms with van der Waals surface area (Å²) < 4.78 is 51.1. The molecule has 0 bridgehead atoms. The predicted molar refractivity (Wildman–Crippen MR) is 118 cm³/mol. The average Bonchev–Trinajstić information content (AvgIpc) is 3.31. The molecular formula is C24H27F3N2O4. The van der Waals surface area contributed by atoms with Crippen LogP contribution in [0.3, 0.4) is 0 Å². The summed E-state index contributed by atoms with van der Waals surface area (Å²) in [7, 11) is 1.24. The van der Waals surface area contributed by atoms with E-state index in [4.69, 9.17) is 10.5 Å². The van der Waals surface area contributed by atoms with Crippen molar-refractivity contribution in [2.45, 2.75) is 57.2 Å². The average molecular weight is 464 g/mol. The molecule has 0 atom stereocenters. The number of anilines is 2. The van der Waals surface area contributed by atoms with Crippen LogP contribution in [0.5, 0.6) is 5.75 Å². The number of carbonyl (C=O) groups is 2. The Morgan fingerprint density at radius 1 is 1.09 bits per heavy atom. The third-order valence-electron chi connectivity index (χ3n) is 5.70. The topological polar surface area (TPSA) is 90.7 Å². The molecule has 3 N–H and O–H groups in total. The van der Waals surface area contributed by atoms with Gasteiger partial charge in [-0.3, -0.25) is 9.59 Å². The van der Waals surface area contributed by atoms with Crippen LogP contribution in [0, 0.1) is 0 Å². The van der Waals surface area contributed by atoms with Crippen LogP contribution >= 0.6 is 0 Å². The van der Waals surface area contributed by atoms with Gasteiger partial charge < -0.3 is 20.5 Å². The van der Waals surface area contributed by atoms with Gasteiger partial charge in [-0.25, -0.2) is 0 Å². The SMILES string of the molecule is COC(=O)CCC(=O)Nc1ccc(OCc2ccc(C3CCCC3)c(C(F)(F)F)c2)cc1N. The first-order chi connectivity index (χ1) is 15.7. The Hall–Kier alpha value is -3.23. The van der Waals surface area contributed by atoms with Crippen LogP contribution < -0.4 is 15.8 Å². The standard InChI is InChI=1S/C24H27F3N2O4/c1-32-23(31)11-10-22(30)29-21-9-7-17(13-20(21)28)33-14-15-6-8-18(16-4-2-3-5-16)19(12-15)24(25,26)27/h6-9,12-13,16H,2-5,10-11,14,28H2,1H3,(H,29,30). The molecular weight excluding hydrogens is 437 g/mol. The maximum absolute atomic E-state index is 13.6. The molecule has 0 radical (unpaired) electrons. The summed E-state index contributed by atoms with van der Waals surface area (Å²) in [6.45, 7) is -0.0572. The van der Waals surface area contributed by atoms with Gasteiger partial charge in [0.15, 0.2) is 0 Å². The van der Waals surface area contributed by atoms with E-state index in [2.05, 4.69) is 10.1 Å². The molecule has 0 saturated heterocycles. The lowest BCUT2D eigenvalue weighted by Crippen LogP contribution is -2.15. The summed E-state index contributed by atoms with van der Waals surface area (Å²) in [6.07, 6.45) is -1.06. The Labute approximate surface area is 190 Å². The van der Waals surface area contributed by atoms with Gasteiger partial charge >= 0.3 is 12.1 Å². The van der Waals surface area contributed by atoms with Gasteiger partial charge in [-0.2, -0.15) is 13.2 Å². The van der Waals surface area contributed by atoms with Gasteiger partial charge in [-0.05, 0) is 48.1 Å². The maximum atomic E-state index is 13.6. The molecule has 33 heavy (non-hydrogen) atoms. The Balaban J connectivity index is 1.64. The summed E-state index contributed by atoms with van der Waals surface area (Å²) in [4.78, 5) is 23.0. The fourth-order valence-electron chi connectivity index (χ4n) is 3.97. The van der Waals surface area contributed by atoms with E-state index in [0.29, 0.717) is 22.6 Å². The second-order valence-electron chi connectivity index (χ2n) is 8.06. The summed E-state index contributed by atoms with van der Waals surface area (Å²) in [5.74, 6) is -0.588. The summed E-state index contributed by atoms with van der Waals surface area (Å²) >= 11 is 0. The van der Waals surface area contributed by atoms with Crippen molar-refractivity contribution < 1.29 is 32.2 Å². The lowest BCUT2D eigenvalue weighted by atomic mass is 9.91. The zero-order chi connectivity index (χ0) is 24.0. The fraction of sp³-hybridized carbons (Fsp3) is 0.417. The number of esters is 1. The Kier molecular flexibility index (Phi) is 7.84.